The monoisotopic (exact) mass is 411 g/mol. The van der Waals surface area contributed by atoms with E-state index in [2.05, 4.69) is 15.6 Å². The minimum absolute atomic E-state index is 0.173. The van der Waals surface area contributed by atoms with Gasteiger partial charge in [-0.3, -0.25) is 14.5 Å². The van der Waals surface area contributed by atoms with E-state index in [4.69, 9.17) is 5.73 Å². The van der Waals surface area contributed by atoms with Crippen molar-refractivity contribution in [3.63, 3.8) is 0 Å². The number of aryl methyl sites for hydroxylation is 1. The third-order valence-electron chi connectivity index (χ3n) is 5.27. The van der Waals surface area contributed by atoms with Gasteiger partial charge in [-0.1, -0.05) is 35.9 Å². The predicted octanol–water partition coefficient (Wildman–Crippen LogP) is 2.04. The molecule has 4 N–H and O–H groups in total. The zero-order valence-corrected chi connectivity index (χ0v) is 18.5. The van der Waals surface area contributed by atoms with Gasteiger partial charge >= 0.3 is 0 Å². The number of likely N-dealkylation sites (N-methyl/N-ethyl adjacent to an activating group) is 1. The van der Waals surface area contributed by atoms with E-state index in [0.717, 1.165) is 16.7 Å². The van der Waals surface area contributed by atoms with Crippen LogP contribution in [-0.2, 0) is 22.6 Å². The van der Waals surface area contributed by atoms with Gasteiger partial charge in [-0.15, -0.1) is 0 Å². The zero-order valence-electron chi connectivity index (χ0n) is 18.5. The van der Waals surface area contributed by atoms with Crippen LogP contribution in [0.5, 0.6) is 0 Å². The molecular weight excluding hydrogens is 378 g/mol. The average molecular weight is 412 g/mol. The molecule has 0 aliphatic heterocycles. The highest BCUT2D eigenvalue weighted by Crippen LogP contribution is 2.09. The summed E-state index contributed by atoms with van der Waals surface area (Å²) in [5.74, 6) is 0.0205. The molecule has 0 aliphatic rings. The molecule has 1 heterocycles. The number of anilines is 1. The lowest BCUT2D eigenvalue weighted by atomic mass is 10.0. The molecule has 2 amide bonds. The summed E-state index contributed by atoms with van der Waals surface area (Å²) in [6, 6.07) is 10.7. The summed E-state index contributed by atoms with van der Waals surface area (Å²) in [5.41, 5.74) is 8.55. The minimum atomic E-state index is -0.677. The van der Waals surface area contributed by atoms with Crippen molar-refractivity contribution < 1.29 is 9.59 Å². The fraction of sp³-hybridized carbons (Fsp3) is 0.435. The molecule has 0 spiro atoms. The number of benzene rings is 1. The molecular formula is C23H33N5O2. The molecule has 0 aliphatic carbocycles. The Kier molecular flexibility index (Phi) is 8.35. The third kappa shape index (κ3) is 6.84. The number of aromatic nitrogens is 1. The molecule has 7 heteroatoms. The van der Waals surface area contributed by atoms with Crippen LogP contribution in [-0.4, -0.2) is 46.9 Å². The molecule has 7 nitrogen and oxygen atoms in total. The number of nitrogen functional groups attached to an aromatic ring is 1. The van der Waals surface area contributed by atoms with Gasteiger partial charge in [0.25, 0.3) is 0 Å². The molecule has 2 rings (SSSR count). The van der Waals surface area contributed by atoms with Crippen molar-refractivity contribution in [3.8, 4) is 0 Å². The number of nitrogens with one attached hydrogen (secondary N) is 2. The van der Waals surface area contributed by atoms with E-state index in [1.165, 1.54) is 0 Å². The van der Waals surface area contributed by atoms with E-state index in [0.29, 0.717) is 18.8 Å². The van der Waals surface area contributed by atoms with E-state index in [9.17, 15) is 9.59 Å². The highest BCUT2D eigenvalue weighted by molar-refractivity contribution is 5.89. The molecule has 2 aromatic rings. The number of pyridine rings is 1. The number of nitrogens with zero attached hydrogens (tertiary/aromatic N) is 2. The molecule has 1 aromatic carbocycles. The standard InChI is InChI=1S/C23H33N5O2/c1-15(2)28(5)17(4)22(29)27-20(12-18-8-6-7-16(3)11-18)23(30)26-14-19-9-10-21(24)25-13-19/h6-11,13,15,17,20H,12,14H2,1-5H3,(H2,24,25)(H,26,30)(H,27,29)/t17?,20-/m0/s1. The van der Waals surface area contributed by atoms with Crippen molar-refractivity contribution in [2.24, 2.45) is 0 Å². The van der Waals surface area contributed by atoms with E-state index in [1.807, 2.05) is 70.0 Å². The number of carbonyl (C=O) groups is 2. The first-order valence-corrected chi connectivity index (χ1v) is 10.2. The van der Waals surface area contributed by atoms with Gasteiger partial charge in [0.15, 0.2) is 0 Å². The Labute approximate surface area is 179 Å². The van der Waals surface area contributed by atoms with Gasteiger partial charge in [-0.2, -0.15) is 0 Å². The predicted molar refractivity (Wildman–Crippen MR) is 120 cm³/mol. The van der Waals surface area contributed by atoms with E-state index in [1.54, 1.807) is 12.3 Å². The molecule has 30 heavy (non-hydrogen) atoms. The topological polar surface area (TPSA) is 100 Å². The van der Waals surface area contributed by atoms with Crippen LogP contribution < -0.4 is 16.4 Å². The summed E-state index contributed by atoms with van der Waals surface area (Å²) in [7, 11) is 1.90. The molecule has 1 unspecified atom stereocenters. The summed E-state index contributed by atoms with van der Waals surface area (Å²) in [5, 5.41) is 5.84. The molecule has 1 aromatic heterocycles. The Morgan fingerprint density at radius 3 is 2.43 bits per heavy atom. The van der Waals surface area contributed by atoms with Gasteiger partial charge in [0.05, 0.1) is 6.04 Å². The first-order chi connectivity index (χ1) is 14.2. The van der Waals surface area contributed by atoms with Crippen molar-refractivity contribution in [1.82, 2.24) is 20.5 Å². The van der Waals surface area contributed by atoms with Crippen LogP contribution in [0, 0.1) is 6.92 Å². The summed E-state index contributed by atoms with van der Waals surface area (Å²) < 4.78 is 0. The number of rotatable bonds is 9. The van der Waals surface area contributed by atoms with Gasteiger partial charge in [-0.25, -0.2) is 4.98 Å². The van der Waals surface area contributed by atoms with Gasteiger partial charge < -0.3 is 16.4 Å². The second-order valence-electron chi connectivity index (χ2n) is 8.00. The molecule has 0 fully saturated rings. The Hall–Kier alpha value is -2.93. The highest BCUT2D eigenvalue weighted by atomic mass is 16.2. The zero-order chi connectivity index (χ0) is 22.3. The number of amides is 2. The smallest absolute Gasteiger partial charge is 0.243 e. The molecule has 0 radical (unpaired) electrons. The first kappa shape index (κ1) is 23.3. The molecule has 0 bridgehead atoms. The molecule has 0 saturated heterocycles. The SMILES string of the molecule is Cc1cccc(C[C@H](NC(=O)C(C)N(C)C(C)C)C(=O)NCc2ccc(N)nc2)c1. The van der Waals surface area contributed by atoms with Gasteiger partial charge in [0.1, 0.15) is 11.9 Å². The fourth-order valence-electron chi connectivity index (χ4n) is 3.06. The van der Waals surface area contributed by atoms with Crippen LogP contribution in [0.4, 0.5) is 5.82 Å². The van der Waals surface area contributed by atoms with Crippen molar-refractivity contribution in [1.29, 1.82) is 0 Å². The van der Waals surface area contributed by atoms with Crippen LogP contribution in [0.15, 0.2) is 42.6 Å². The summed E-state index contributed by atoms with van der Waals surface area (Å²) in [4.78, 5) is 31.8. The van der Waals surface area contributed by atoms with E-state index >= 15 is 0 Å². The normalized spacial score (nSPS) is 13.2. The number of nitrogens with two attached hydrogens (primary N) is 1. The Bertz CT molecular complexity index is 851. The Morgan fingerprint density at radius 2 is 1.83 bits per heavy atom. The highest BCUT2D eigenvalue weighted by Gasteiger charge is 2.26. The number of hydrogen-bond acceptors (Lipinski definition) is 5. The molecule has 2 atom stereocenters. The van der Waals surface area contributed by atoms with Gasteiger partial charge in [-0.05, 0) is 51.9 Å². The lowest BCUT2D eigenvalue weighted by Crippen LogP contribution is -2.53. The largest absolute Gasteiger partial charge is 0.384 e. The van der Waals surface area contributed by atoms with Crippen LogP contribution in [0.1, 0.15) is 37.5 Å². The number of carbonyl (C=O) groups excluding carboxylic acids is 2. The maximum atomic E-state index is 13.0. The first-order valence-electron chi connectivity index (χ1n) is 10.2. The number of hydrogen-bond donors (Lipinski definition) is 3. The molecule has 162 valence electrons. The van der Waals surface area contributed by atoms with Crippen molar-refractivity contribution in [2.75, 3.05) is 12.8 Å². The summed E-state index contributed by atoms with van der Waals surface area (Å²) in [6.45, 7) is 8.22. The summed E-state index contributed by atoms with van der Waals surface area (Å²) >= 11 is 0. The molecule has 0 saturated carbocycles. The Morgan fingerprint density at radius 1 is 1.10 bits per heavy atom. The van der Waals surface area contributed by atoms with E-state index in [-0.39, 0.29) is 23.9 Å². The quantitative estimate of drug-likeness (QED) is 0.586. The van der Waals surface area contributed by atoms with Crippen LogP contribution in [0.3, 0.4) is 0 Å². The van der Waals surface area contributed by atoms with Crippen LogP contribution >= 0.6 is 0 Å². The lowest BCUT2D eigenvalue weighted by molar-refractivity contribution is -0.131. The fourth-order valence-corrected chi connectivity index (χ4v) is 3.06. The Balaban J connectivity index is 2.11. The summed E-state index contributed by atoms with van der Waals surface area (Å²) in [6.07, 6.45) is 2.04. The minimum Gasteiger partial charge on any atom is -0.384 e. The van der Waals surface area contributed by atoms with Crippen molar-refractivity contribution in [2.45, 2.75) is 58.8 Å². The third-order valence-corrected chi connectivity index (χ3v) is 5.27. The van der Waals surface area contributed by atoms with E-state index < -0.39 is 6.04 Å². The maximum Gasteiger partial charge on any atom is 0.243 e. The van der Waals surface area contributed by atoms with Crippen LogP contribution in [0.25, 0.3) is 0 Å². The van der Waals surface area contributed by atoms with Gasteiger partial charge in [0, 0.05) is 25.2 Å². The van der Waals surface area contributed by atoms with Crippen LogP contribution in [0.2, 0.25) is 0 Å². The average Bonchev–Trinajstić information content (AvgIpc) is 2.71. The van der Waals surface area contributed by atoms with Gasteiger partial charge in [0.2, 0.25) is 11.8 Å². The second-order valence-corrected chi connectivity index (χ2v) is 8.00. The second kappa shape index (κ2) is 10.7. The van der Waals surface area contributed by atoms with Crippen molar-refractivity contribution >= 4 is 17.6 Å². The lowest BCUT2D eigenvalue weighted by Gasteiger charge is -2.29. The van der Waals surface area contributed by atoms with Crippen molar-refractivity contribution in [3.05, 3.63) is 59.3 Å². The maximum absolute atomic E-state index is 13.0.